The largest absolute Gasteiger partial charge is 0.342 e. The number of hydrogen-bond acceptors (Lipinski definition) is 3. The average molecular weight is 278 g/mol. The highest BCUT2D eigenvalue weighted by Gasteiger charge is 2.41. The van der Waals surface area contributed by atoms with E-state index in [0.717, 1.165) is 17.8 Å². The molecule has 1 aliphatic rings. The Labute approximate surface area is 119 Å². The minimum atomic E-state index is -0.507. The second kappa shape index (κ2) is 5.26. The van der Waals surface area contributed by atoms with Gasteiger partial charge in [0.25, 0.3) is 5.91 Å². The van der Waals surface area contributed by atoms with Crippen LogP contribution < -0.4 is 10.2 Å². The highest BCUT2D eigenvalue weighted by atomic mass is 16.2. The first-order chi connectivity index (χ1) is 9.36. The van der Waals surface area contributed by atoms with E-state index in [-0.39, 0.29) is 17.7 Å². The zero-order chi connectivity index (χ0) is 15.0. The molecule has 2 amide bonds. The number of nitrogens with zero attached hydrogens (tertiary/aromatic N) is 3. The van der Waals surface area contributed by atoms with Gasteiger partial charge in [0.1, 0.15) is 12.1 Å². The van der Waals surface area contributed by atoms with Crippen LogP contribution in [0.25, 0.3) is 0 Å². The van der Waals surface area contributed by atoms with E-state index in [1.54, 1.807) is 16.5 Å². The molecule has 1 aliphatic heterocycles. The summed E-state index contributed by atoms with van der Waals surface area (Å²) < 4.78 is 1.69. The van der Waals surface area contributed by atoms with Crippen LogP contribution in [0.2, 0.25) is 0 Å². The van der Waals surface area contributed by atoms with Gasteiger partial charge in [-0.3, -0.25) is 19.2 Å². The Hall–Kier alpha value is -1.85. The zero-order valence-electron chi connectivity index (χ0n) is 12.7. The number of hydrogen-bond donors (Lipinski definition) is 1. The Morgan fingerprint density at radius 2 is 2.05 bits per heavy atom. The molecule has 0 radical (unpaired) electrons. The van der Waals surface area contributed by atoms with Gasteiger partial charge in [0.15, 0.2) is 0 Å². The van der Waals surface area contributed by atoms with Crippen LogP contribution in [-0.2, 0) is 23.1 Å². The van der Waals surface area contributed by atoms with Crippen LogP contribution in [0.3, 0.4) is 0 Å². The van der Waals surface area contributed by atoms with Crippen molar-refractivity contribution in [1.82, 2.24) is 15.1 Å². The lowest BCUT2D eigenvalue weighted by Gasteiger charge is -2.38. The van der Waals surface area contributed by atoms with Gasteiger partial charge in [0.2, 0.25) is 5.91 Å². The van der Waals surface area contributed by atoms with Crippen molar-refractivity contribution in [2.75, 3.05) is 4.90 Å². The minimum Gasteiger partial charge on any atom is -0.342 e. The second-order valence-electron chi connectivity index (χ2n) is 5.60. The lowest BCUT2D eigenvalue weighted by molar-refractivity contribution is -0.134. The standard InChI is InChI=1S/C14H22N4O2/c1-6-10-11(7-17(5)16-10)18-9(4)13(19)15-12(8(2)3)14(18)20/h7-9,12H,6H2,1-5H3,(H,15,19). The molecule has 0 spiro atoms. The fraction of sp³-hybridized carbons (Fsp3) is 0.643. The maximum Gasteiger partial charge on any atom is 0.250 e. The van der Waals surface area contributed by atoms with Crippen LogP contribution in [0.5, 0.6) is 0 Å². The Morgan fingerprint density at radius 3 is 2.60 bits per heavy atom. The van der Waals surface area contributed by atoms with Crippen LogP contribution in [0, 0.1) is 5.92 Å². The van der Waals surface area contributed by atoms with E-state index >= 15 is 0 Å². The molecule has 2 unspecified atom stereocenters. The molecule has 1 aromatic rings. The molecule has 1 fully saturated rings. The number of piperazine rings is 1. The van der Waals surface area contributed by atoms with Crippen LogP contribution in [0.15, 0.2) is 6.20 Å². The Morgan fingerprint density at radius 1 is 1.40 bits per heavy atom. The lowest BCUT2D eigenvalue weighted by Crippen LogP contribution is -2.64. The molecule has 2 atom stereocenters. The summed E-state index contributed by atoms with van der Waals surface area (Å²) >= 11 is 0. The molecular formula is C14H22N4O2. The quantitative estimate of drug-likeness (QED) is 0.891. The molecule has 1 saturated heterocycles. The van der Waals surface area contributed by atoms with E-state index < -0.39 is 12.1 Å². The van der Waals surface area contributed by atoms with Crippen LogP contribution in [0.1, 0.15) is 33.4 Å². The molecule has 6 heteroatoms. The maximum absolute atomic E-state index is 12.7. The van der Waals surface area contributed by atoms with Gasteiger partial charge >= 0.3 is 0 Å². The normalized spacial score (nSPS) is 23.4. The molecule has 20 heavy (non-hydrogen) atoms. The number of carbonyl (C=O) groups excluding carboxylic acids is 2. The first-order valence-corrected chi connectivity index (χ1v) is 7.02. The van der Waals surface area contributed by atoms with Gasteiger partial charge < -0.3 is 5.32 Å². The number of rotatable bonds is 3. The summed E-state index contributed by atoms with van der Waals surface area (Å²) in [4.78, 5) is 26.4. The molecule has 0 bridgehead atoms. The van der Waals surface area contributed by atoms with Crippen molar-refractivity contribution in [3.63, 3.8) is 0 Å². The van der Waals surface area contributed by atoms with Gasteiger partial charge in [-0.05, 0) is 19.3 Å². The summed E-state index contributed by atoms with van der Waals surface area (Å²) in [5, 5.41) is 7.16. The average Bonchev–Trinajstić information content (AvgIpc) is 2.75. The van der Waals surface area contributed by atoms with Crippen LogP contribution >= 0.6 is 0 Å². The molecule has 2 rings (SSSR count). The molecule has 2 heterocycles. The molecular weight excluding hydrogens is 256 g/mol. The Kier molecular flexibility index (Phi) is 3.83. The van der Waals surface area contributed by atoms with Gasteiger partial charge in [0, 0.05) is 13.2 Å². The van der Waals surface area contributed by atoms with Crippen molar-refractivity contribution < 1.29 is 9.59 Å². The van der Waals surface area contributed by atoms with E-state index in [1.165, 1.54) is 0 Å². The van der Waals surface area contributed by atoms with Crippen molar-refractivity contribution in [3.8, 4) is 0 Å². The van der Waals surface area contributed by atoms with E-state index in [2.05, 4.69) is 10.4 Å². The van der Waals surface area contributed by atoms with Crippen LogP contribution in [0.4, 0.5) is 5.69 Å². The zero-order valence-corrected chi connectivity index (χ0v) is 12.7. The van der Waals surface area contributed by atoms with Gasteiger partial charge in [-0.1, -0.05) is 20.8 Å². The summed E-state index contributed by atoms with van der Waals surface area (Å²) in [6.07, 6.45) is 2.53. The monoisotopic (exact) mass is 278 g/mol. The Bertz CT molecular complexity index is 535. The predicted molar refractivity (Wildman–Crippen MR) is 76.3 cm³/mol. The summed E-state index contributed by atoms with van der Waals surface area (Å²) in [5.74, 6) is -0.118. The van der Waals surface area contributed by atoms with E-state index in [9.17, 15) is 9.59 Å². The van der Waals surface area contributed by atoms with Crippen molar-refractivity contribution in [1.29, 1.82) is 0 Å². The lowest BCUT2D eigenvalue weighted by atomic mass is 9.97. The Balaban J connectivity index is 2.45. The minimum absolute atomic E-state index is 0.0585. The summed E-state index contributed by atoms with van der Waals surface area (Å²) in [6, 6.07) is -0.976. The van der Waals surface area contributed by atoms with Crippen molar-refractivity contribution in [3.05, 3.63) is 11.9 Å². The molecule has 0 saturated carbocycles. The molecule has 1 N–H and O–H groups in total. The smallest absolute Gasteiger partial charge is 0.250 e. The fourth-order valence-electron chi connectivity index (χ4n) is 2.55. The van der Waals surface area contributed by atoms with Crippen molar-refractivity contribution >= 4 is 17.5 Å². The molecule has 0 aromatic carbocycles. The topological polar surface area (TPSA) is 67.2 Å². The van der Waals surface area contributed by atoms with Gasteiger partial charge in [-0.2, -0.15) is 5.10 Å². The number of nitrogens with one attached hydrogen (secondary N) is 1. The number of carbonyl (C=O) groups is 2. The SMILES string of the molecule is CCc1nn(C)cc1N1C(=O)C(C(C)C)NC(=O)C1C. The van der Waals surface area contributed by atoms with E-state index in [1.807, 2.05) is 34.0 Å². The molecule has 1 aromatic heterocycles. The van der Waals surface area contributed by atoms with Gasteiger partial charge in [0.05, 0.1) is 11.4 Å². The van der Waals surface area contributed by atoms with E-state index in [0.29, 0.717) is 0 Å². The first kappa shape index (κ1) is 14.6. The molecule has 0 aliphatic carbocycles. The third kappa shape index (κ3) is 2.30. The maximum atomic E-state index is 12.7. The number of aromatic nitrogens is 2. The van der Waals surface area contributed by atoms with E-state index in [4.69, 9.17) is 0 Å². The number of aryl methyl sites for hydroxylation is 2. The predicted octanol–water partition coefficient (Wildman–Crippen LogP) is 0.858. The van der Waals surface area contributed by atoms with Crippen molar-refractivity contribution in [2.24, 2.45) is 13.0 Å². The second-order valence-corrected chi connectivity index (χ2v) is 5.60. The summed E-state index contributed by atoms with van der Waals surface area (Å²) in [6.45, 7) is 7.60. The van der Waals surface area contributed by atoms with Crippen molar-refractivity contribution in [2.45, 2.75) is 46.2 Å². The van der Waals surface area contributed by atoms with Crippen LogP contribution in [-0.4, -0.2) is 33.7 Å². The highest BCUT2D eigenvalue weighted by molar-refractivity contribution is 6.08. The number of amides is 2. The van der Waals surface area contributed by atoms with Gasteiger partial charge in [-0.15, -0.1) is 0 Å². The first-order valence-electron chi connectivity index (χ1n) is 7.02. The number of anilines is 1. The van der Waals surface area contributed by atoms with Gasteiger partial charge in [-0.25, -0.2) is 0 Å². The third-order valence-corrected chi connectivity index (χ3v) is 3.71. The summed E-state index contributed by atoms with van der Waals surface area (Å²) in [5.41, 5.74) is 1.58. The summed E-state index contributed by atoms with van der Waals surface area (Å²) in [7, 11) is 1.82. The fourth-order valence-corrected chi connectivity index (χ4v) is 2.55. The third-order valence-electron chi connectivity index (χ3n) is 3.71. The molecule has 6 nitrogen and oxygen atoms in total. The molecule has 110 valence electrons. The highest BCUT2D eigenvalue weighted by Crippen LogP contribution is 2.26.